The number of sulfone groups is 1. The number of anilines is 2. The average Bonchev–Trinajstić information content (AvgIpc) is 3.01. The molecule has 0 unspecified atom stereocenters. The molecule has 0 fully saturated rings. The average molecular weight is 659 g/mol. The third-order valence-electron chi connectivity index (χ3n) is 7.01. The maximum absolute atomic E-state index is 13.5. The normalized spacial score (nSPS) is 11.3. The van der Waals surface area contributed by atoms with Crippen molar-refractivity contribution >= 4 is 55.9 Å². The Hall–Kier alpha value is -3.79. The lowest BCUT2D eigenvalue weighted by atomic mass is 10.1. The second kappa shape index (κ2) is 16.0. The van der Waals surface area contributed by atoms with Crippen LogP contribution >= 0.6 is 24.4 Å². The lowest BCUT2D eigenvalue weighted by Crippen LogP contribution is -2.36. The van der Waals surface area contributed by atoms with Gasteiger partial charge in [-0.3, -0.25) is 0 Å². The van der Waals surface area contributed by atoms with Crippen LogP contribution in [0.5, 0.6) is 0 Å². The predicted molar refractivity (Wildman–Crippen MR) is 194 cm³/mol. The van der Waals surface area contributed by atoms with Gasteiger partial charge in [-0.05, 0) is 95.9 Å². The van der Waals surface area contributed by atoms with Gasteiger partial charge in [0.15, 0.2) is 10.2 Å². The standard InChI is InChI=1S/C36H42N4O2S3/c1-27(2)23-39(25-29-11-7-5-8-12-29)35(43)37-31-15-19-33(20-16-31)45(41,42)34-21-17-32(18-22-34)38-36(44)40(24-28(3)4)26-30-13-9-6-10-14-30/h5-22,27-28H,23-26H2,1-4H3,(H,37,43)(H,38,44). The number of nitrogens with zero attached hydrogens (tertiary/aromatic N) is 2. The van der Waals surface area contributed by atoms with Crippen LogP contribution in [0.3, 0.4) is 0 Å². The minimum Gasteiger partial charge on any atom is -0.344 e. The molecule has 0 saturated carbocycles. The molecule has 0 aromatic heterocycles. The fourth-order valence-corrected chi connectivity index (χ4v) is 6.68. The van der Waals surface area contributed by atoms with Crippen molar-refractivity contribution in [3.63, 3.8) is 0 Å². The van der Waals surface area contributed by atoms with E-state index in [0.29, 0.717) is 35.2 Å². The van der Waals surface area contributed by atoms with Gasteiger partial charge >= 0.3 is 0 Å². The molecule has 0 heterocycles. The van der Waals surface area contributed by atoms with Gasteiger partial charge < -0.3 is 20.4 Å². The summed E-state index contributed by atoms with van der Waals surface area (Å²) in [7, 11) is -3.72. The molecule has 0 aliphatic rings. The molecule has 236 valence electrons. The van der Waals surface area contributed by atoms with E-state index in [0.717, 1.165) is 24.5 Å². The molecular formula is C36H42N4O2S3. The van der Waals surface area contributed by atoms with Crippen molar-refractivity contribution < 1.29 is 8.42 Å². The van der Waals surface area contributed by atoms with Crippen molar-refractivity contribution in [2.75, 3.05) is 23.7 Å². The van der Waals surface area contributed by atoms with Gasteiger partial charge in [0.2, 0.25) is 9.84 Å². The number of hydrogen-bond donors (Lipinski definition) is 2. The largest absolute Gasteiger partial charge is 0.344 e. The quantitative estimate of drug-likeness (QED) is 0.148. The predicted octanol–water partition coefficient (Wildman–Crippen LogP) is 8.23. The molecule has 6 nitrogen and oxygen atoms in total. The van der Waals surface area contributed by atoms with E-state index in [1.54, 1.807) is 48.5 Å². The van der Waals surface area contributed by atoms with Crippen LogP contribution in [0.25, 0.3) is 0 Å². The molecule has 0 aliphatic carbocycles. The topological polar surface area (TPSA) is 64.7 Å². The molecule has 0 spiro atoms. The van der Waals surface area contributed by atoms with Gasteiger partial charge in [-0.15, -0.1) is 0 Å². The minimum atomic E-state index is -3.72. The van der Waals surface area contributed by atoms with Crippen LogP contribution in [0, 0.1) is 11.8 Å². The maximum Gasteiger partial charge on any atom is 0.206 e. The molecule has 4 aromatic carbocycles. The summed E-state index contributed by atoms with van der Waals surface area (Å²) in [5.41, 5.74) is 3.81. The Labute approximate surface area is 279 Å². The molecule has 4 aromatic rings. The number of thiocarbonyl (C=S) groups is 2. The number of nitrogens with one attached hydrogen (secondary N) is 2. The smallest absolute Gasteiger partial charge is 0.206 e. The number of hydrogen-bond acceptors (Lipinski definition) is 4. The fraction of sp³-hybridized carbons (Fsp3) is 0.278. The van der Waals surface area contributed by atoms with E-state index in [1.807, 2.05) is 36.4 Å². The first-order valence-electron chi connectivity index (χ1n) is 15.2. The molecule has 2 N–H and O–H groups in total. The Kier molecular flexibility index (Phi) is 12.1. The SMILES string of the molecule is CC(C)CN(Cc1ccccc1)C(=S)Nc1ccc(S(=O)(=O)c2ccc(NC(=S)N(Cc3ccccc3)CC(C)C)cc2)cc1. The zero-order valence-corrected chi connectivity index (χ0v) is 28.8. The summed E-state index contributed by atoms with van der Waals surface area (Å²) in [5.74, 6) is 0.845. The zero-order valence-electron chi connectivity index (χ0n) is 26.3. The maximum atomic E-state index is 13.5. The molecule has 0 atom stereocenters. The van der Waals surface area contributed by atoms with E-state index >= 15 is 0 Å². The second-order valence-electron chi connectivity index (χ2n) is 11.9. The molecule has 0 aliphatic heterocycles. The summed E-state index contributed by atoms with van der Waals surface area (Å²) in [5, 5.41) is 7.77. The van der Waals surface area contributed by atoms with E-state index in [-0.39, 0.29) is 9.79 Å². The third kappa shape index (κ3) is 10.1. The highest BCUT2D eigenvalue weighted by atomic mass is 32.2. The monoisotopic (exact) mass is 658 g/mol. The van der Waals surface area contributed by atoms with Gasteiger partial charge in [-0.1, -0.05) is 88.4 Å². The van der Waals surface area contributed by atoms with E-state index in [9.17, 15) is 8.42 Å². The third-order valence-corrected chi connectivity index (χ3v) is 9.52. The van der Waals surface area contributed by atoms with Crippen molar-refractivity contribution in [3.05, 3.63) is 120 Å². The van der Waals surface area contributed by atoms with Crippen molar-refractivity contribution in [1.82, 2.24) is 9.80 Å². The van der Waals surface area contributed by atoms with E-state index < -0.39 is 9.84 Å². The van der Waals surface area contributed by atoms with E-state index in [4.69, 9.17) is 24.4 Å². The van der Waals surface area contributed by atoms with Crippen LogP contribution in [0.1, 0.15) is 38.8 Å². The van der Waals surface area contributed by atoms with Crippen LogP contribution < -0.4 is 10.6 Å². The van der Waals surface area contributed by atoms with Crippen LogP contribution in [-0.2, 0) is 22.9 Å². The molecular weight excluding hydrogens is 617 g/mol. The van der Waals surface area contributed by atoms with Crippen molar-refractivity contribution in [2.24, 2.45) is 11.8 Å². The highest BCUT2D eigenvalue weighted by Crippen LogP contribution is 2.24. The van der Waals surface area contributed by atoms with Gasteiger partial charge in [0.05, 0.1) is 9.79 Å². The Morgan fingerprint density at radius 3 is 1.22 bits per heavy atom. The van der Waals surface area contributed by atoms with Gasteiger partial charge in [0, 0.05) is 37.6 Å². The van der Waals surface area contributed by atoms with Crippen LogP contribution in [-0.4, -0.2) is 41.5 Å². The summed E-state index contributed by atoms with van der Waals surface area (Å²) < 4.78 is 26.9. The zero-order chi connectivity index (χ0) is 32.4. The first-order valence-corrected chi connectivity index (χ1v) is 17.5. The molecule has 0 bridgehead atoms. The molecule has 0 radical (unpaired) electrons. The van der Waals surface area contributed by atoms with Gasteiger partial charge in [0.25, 0.3) is 0 Å². The first-order chi connectivity index (χ1) is 21.5. The number of benzene rings is 4. The minimum absolute atomic E-state index is 0.212. The second-order valence-corrected chi connectivity index (χ2v) is 14.7. The first kappa shape index (κ1) is 34.1. The lowest BCUT2D eigenvalue weighted by molar-refractivity contribution is 0.364. The fourth-order valence-electron chi connectivity index (χ4n) is 4.90. The summed E-state index contributed by atoms with van der Waals surface area (Å²) >= 11 is 11.5. The molecule has 0 amide bonds. The summed E-state index contributed by atoms with van der Waals surface area (Å²) in [4.78, 5) is 4.68. The number of rotatable bonds is 12. The van der Waals surface area contributed by atoms with Crippen LogP contribution in [0.4, 0.5) is 11.4 Å². The van der Waals surface area contributed by atoms with E-state index in [1.165, 1.54) is 11.1 Å². The highest BCUT2D eigenvalue weighted by molar-refractivity contribution is 7.91. The summed E-state index contributed by atoms with van der Waals surface area (Å²) in [6.07, 6.45) is 0. The van der Waals surface area contributed by atoms with E-state index in [2.05, 4.69) is 72.4 Å². The van der Waals surface area contributed by atoms with Gasteiger partial charge in [0.1, 0.15) is 0 Å². The molecule has 45 heavy (non-hydrogen) atoms. The molecule has 0 saturated heterocycles. The highest BCUT2D eigenvalue weighted by Gasteiger charge is 2.19. The summed E-state index contributed by atoms with van der Waals surface area (Å²) in [6.45, 7) is 11.6. The van der Waals surface area contributed by atoms with Crippen LogP contribution in [0.15, 0.2) is 119 Å². The van der Waals surface area contributed by atoms with Crippen LogP contribution in [0.2, 0.25) is 0 Å². The summed E-state index contributed by atoms with van der Waals surface area (Å²) in [6, 6.07) is 33.8. The van der Waals surface area contributed by atoms with Gasteiger partial charge in [-0.25, -0.2) is 8.42 Å². The van der Waals surface area contributed by atoms with Crippen molar-refractivity contribution in [3.8, 4) is 0 Å². The molecule has 9 heteroatoms. The lowest BCUT2D eigenvalue weighted by Gasteiger charge is -2.28. The van der Waals surface area contributed by atoms with Gasteiger partial charge in [-0.2, -0.15) is 0 Å². The van der Waals surface area contributed by atoms with Crippen molar-refractivity contribution in [2.45, 2.75) is 50.6 Å². The Balaban J connectivity index is 1.41. The Morgan fingerprint density at radius 1 is 0.578 bits per heavy atom. The van der Waals surface area contributed by atoms with Crippen molar-refractivity contribution in [1.29, 1.82) is 0 Å². The molecule has 4 rings (SSSR count). The Morgan fingerprint density at radius 2 is 0.911 bits per heavy atom. The Bertz CT molecular complexity index is 1520.